The Balaban J connectivity index is 0.00000123. The zero-order chi connectivity index (χ0) is 30.9. The lowest BCUT2D eigenvalue weighted by Crippen LogP contribution is -2.21. The minimum Gasteiger partial charge on any atom is -0.483 e. The molecule has 10 nitrogen and oxygen atoms in total. The van der Waals surface area contributed by atoms with Gasteiger partial charge in [-0.2, -0.15) is 0 Å². The molecule has 1 fully saturated rings. The summed E-state index contributed by atoms with van der Waals surface area (Å²) in [5.74, 6) is 0.125. The average Bonchev–Trinajstić information content (AvgIpc) is 3.69. The molecule has 2 aromatic heterocycles. The molecule has 3 heterocycles. The van der Waals surface area contributed by atoms with Crippen LogP contribution in [0.1, 0.15) is 19.3 Å². The maximum Gasteiger partial charge on any atom is 0.290 e. The number of benzene rings is 3. The summed E-state index contributed by atoms with van der Waals surface area (Å²) >= 11 is 0. The van der Waals surface area contributed by atoms with Crippen molar-refractivity contribution < 1.29 is 22.7 Å². The fourth-order valence-corrected chi connectivity index (χ4v) is 6.26. The van der Waals surface area contributed by atoms with Crippen LogP contribution in [0.5, 0.6) is 0 Å². The number of carboxylic acid groups (broad SMARTS) is 1. The second-order valence-corrected chi connectivity index (χ2v) is 12.0. The molecule has 12 heteroatoms. The van der Waals surface area contributed by atoms with Crippen LogP contribution in [0.25, 0.3) is 22.2 Å². The Kier molecular flexibility index (Phi) is 9.82. The lowest BCUT2D eigenvalue weighted by atomic mass is 10.1. The Morgan fingerprint density at radius 1 is 0.886 bits per heavy atom. The van der Waals surface area contributed by atoms with E-state index < -0.39 is 15.8 Å². The van der Waals surface area contributed by atoms with E-state index in [9.17, 15) is 12.8 Å². The van der Waals surface area contributed by atoms with Gasteiger partial charge in [-0.05, 0) is 106 Å². The van der Waals surface area contributed by atoms with Crippen LogP contribution in [0.4, 0.5) is 21.6 Å². The third-order valence-electron chi connectivity index (χ3n) is 7.34. The number of likely N-dealkylation sites (tertiary alicyclic amines) is 1. The summed E-state index contributed by atoms with van der Waals surface area (Å²) in [5, 5.41) is 11.3. The first-order chi connectivity index (χ1) is 21.3. The van der Waals surface area contributed by atoms with Crippen molar-refractivity contribution in [3.8, 4) is 11.3 Å². The highest BCUT2D eigenvalue weighted by Gasteiger charge is 2.15. The van der Waals surface area contributed by atoms with Gasteiger partial charge in [0.15, 0.2) is 0 Å². The van der Waals surface area contributed by atoms with E-state index in [0.29, 0.717) is 11.5 Å². The number of fused-ring (bicyclic) bond motifs is 1. The van der Waals surface area contributed by atoms with E-state index in [1.54, 1.807) is 24.3 Å². The second kappa shape index (κ2) is 14.1. The monoisotopic (exact) mass is 616 g/mol. The fourth-order valence-electron chi connectivity index (χ4n) is 5.21. The van der Waals surface area contributed by atoms with Crippen LogP contribution in [0.3, 0.4) is 0 Å². The van der Waals surface area contributed by atoms with E-state index in [1.807, 2.05) is 6.07 Å². The number of rotatable bonds is 10. The van der Waals surface area contributed by atoms with Gasteiger partial charge in [0, 0.05) is 46.6 Å². The lowest BCUT2D eigenvalue weighted by Gasteiger charge is -2.14. The molecule has 1 aliphatic heterocycles. The number of aryl methyl sites for hydroxylation is 1. The molecular formula is C32H33FN6O4S. The van der Waals surface area contributed by atoms with Gasteiger partial charge in [-0.15, -0.1) is 0 Å². The molecule has 0 saturated carbocycles. The molecular weight excluding hydrogens is 583 g/mol. The quantitative estimate of drug-likeness (QED) is 0.164. The van der Waals surface area contributed by atoms with Crippen molar-refractivity contribution in [1.82, 2.24) is 19.4 Å². The van der Waals surface area contributed by atoms with E-state index in [0.717, 1.165) is 48.6 Å². The Labute approximate surface area is 255 Å². The van der Waals surface area contributed by atoms with Crippen molar-refractivity contribution >= 4 is 44.6 Å². The van der Waals surface area contributed by atoms with E-state index in [-0.39, 0.29) is 11.4 Å². The van der Waals surface area contributed by atoms with Crippen molar-refractivity contribution in [3.05, 3.63) is 97.2 Å². The van der Waals surface area contributed by atoms with Crippen LogP contribution < -0.4 is 10.0 Å². The largest absolute Gasteiger partial charge is 0.483 e. The SMILES string of the molecule is O=CO.O=S(=O)(Nc1ccc(Nc2cc(-c3ccc4c(ccn4CCCN4CCCC4)c3)ncn2)cc1)c1ccc(F)cc1. The lowest BCUT2D eigenvalue weighted by molar-refractivity contribution is -0.122. The van der Waals surface area contributed by atoms with Gasteiger partial charge in [-0.25, -0.2) is 22.8 Å². The number of sulfonamides is 1. The van der Waals surface area contributed by atoms with Gasteiger partial charge in [0.2, 0.25) is 0 Å². The molecule has 1 saturated heterocycles. The summed E-state index contributed by atoms with van der Waals surface area (Å²) in [6.45, 7) is 4.38. The Morgan fingerprint density at radius 3 is 2.32 bits per heavy atom. The highest BCUT2D eigenvalue weighted by Crippen LogP contribution is 2.27. The van der Waals surface area contributed by atoms with Crippen LogP contribution >= 0.6 is 0 Å². The third kappa shape index (κ3) is 7.77. The topological polar surface area (TPSA) is 129 Å². The van der Waals surface area contributed by atoms with Gasteiger partial charge in [-0.1, -0.05) is 6.07 Å². The fraction of sp³-hybridized carbons (Fsp3) is 0.219. The number of hydrogen-bond acceptors (Lipinski definition) is 7. The third-order valence-corrected chi connectivity index (χ3v) is 8.74. The van der Waals surface area contributed by atoms with Gasteiger partial charge >= 0.3 is 0 Å². The Bertz CT molecular complexity index is 1810. The molecule has 228 valence electrons. The van der Waals surface area contributed by atoms with E-state index in [1.165, 1.54) is 55.3 Å². The van der Waals surface area contributed by atoms with Crippen molar-refractivity contribution in [2.75, 3.05) is 29.7 Å². The first-order valence-electron chi connectivity index (χ1n) is 14.2. The van der Waals surface area contributed by atoms with Crippen molar-refractivity contribution in [1.29, 1.82) is 0 Å². The molecule has 44 heavy (non-hydrogen) atoms. The van der Waals surface area contributed by atoms with Gasteiger partial charge in [0.1, 0.15) is 18.0 Å². The van der Waals surface area contributed by atoms with Crippen LogP contribution in [-0.4, -0.2) is 59.1 Å². The van der Waals surface area contributed by atoms with Crippen molar-refractivity contribution in [2.45, 2.75) is 30.7 Å². The number of halogens is 1. The molecule has 3 aromatic carbocycles. The molecule has 0 unspecified atom stereocenters. The molecule has 0 radical (unpaired) electrons. The summed E-state index contributed by atoms with van der Waals surface area (Å²) in [4.78, 5) is 19.7. The molecule has 6 rings (SSSR count). The molecule has 1 aliphatic rings. The summed E-state index contributed by atoms with van der Waals surface area (Å²) in [5.41, 5.74) is 4.15. The maximum atomic E-state index is 13.2. The second-order valence-electron chi connectivity index (χ2n) is 10.3. The van der Waals surface area contributed by atoms with Crippen LogP contribution in [-0.2, 0) is 21.4 Å². The molecule has 0 amide bonds. The molecule has 0 spiro atoms. The zero-order valence-corrected chi connectivity index (χ0v) is 24.8. The summed E-state index contributed by atoms with van der Waals surface area (Å²) in [6, 6.07) is 21.9. The molecule has 5 aromatic rings. The van der Waals surface area contributed by atoms with Gasteiger partial charge in [-0.3, -0.25) is 9.52 Å². The molecule has 0 bridgehead atoms. The molecule has 3 N–H and O–H groups in total. The minimum atomic E-state index is -3.82. The van der Waals surface area contributed by atoms with Crippen LogP contribution in [0.2, 0.25) is 0 Å². The van der Waals surface area contributed by atoms with E-state index >= 15 is 0 Å². The maximum absolute atomic E-state index is 13.2. The van der Waals surface area contributed by atoms with Crippen LogP contribution in [0, 0.1) is 5.82 Å². The molecule has 0 atom stereocenters. The predicted molar refractivity (Wildman–Crippen MR) is 169 cm³/mol. The van der Waals surface area contributed by atoms with Crippen molar-refractivity contribution in [2.24, 2.45) is 0 Å². The number of hydrogen-bond donors (Lipinski definition) is 3. The van der Waals surface area contributed by atoms with E-state index in [4.69, 9.17) is 9.90 Å². The van der Waals surface area contributed by atoms with E-state index in [2.05, 4.69) is 59.9 Å². The first kappa shape index (κ1) is 30.6. The smallest absolute Gasteiger partial charge is 0.290 e. The highest BCUT2D eigenvalue weighted by atomic mass is 32.2. The first-order valence-corrected chi connectivity index (χ1v) is 15.7. The molecule has 0 aliphatic carbocycles. The Morgan fingerprint density at radius 2 is 1.59 bits per heavy atom. The van der Waals surface area contributed by atoms with Crippen LogP contribution in [0.15, 0.2) is 96.3 Å². The summed E-state index contributed by atoms with van der Waals surface area (Å²) < 4.78 is 43.1. The Hall–Kier alpha value is -4.81. The average molecular weight is 617 g/mol. The number of nitrogens with one attached hydrogen (secondary N) is 2. The zero-order valence-electron chi connectivity index (χ0n) is 23.9. The number of anilines is 3. The minimum absolute atomic E-state index is 0.0121. The standard InChI is InChI=1S/C31H31FN6O2S.CH2O2/c32-25-5-11-28(12-6-25)41(39,40)36-27-9-7-26(8-10-27)35-31-21-29(33-22-34-31)23-4-13-30-24(20-23)14-19-38(30)18-3-17-37-15-1-2-16-37;2-1-3/h4-14,19-22,36H,1-3,15-18H2,(H,33,34,35);1H,(H,2,3). The normalized spacial score (nSPS) is 13.3. The van der Waals surface area contributed by atoms with Gasteiger partial charge in [0.25, 0.3) is 16.5 Å². The van der Waals surface area contributed by atoms with Crippen molar-refractivity contribution in [3.63, 3.8) is 0 Å². The highest BCUT2D eigenvalue weighted by molar-refractivity contribution is 7.92. The number of nitrogens with zero attached hydrogens (tertiary/aromatic N) is 4. The van der Waals surface area contributed by atoms with Gasteiger partial charge in [0.05, 0.1) is 10.6 Å². The summed E-state index contributed by atoms with van der Waals surface area (Å²) in [6.07, 6.45) is 7.48. The number of aromatic nitrogens is 3. The number of carbonyl (C=O) groups is 1. The predicted octanol–water partition coefficient (Wildman–Crippen LogP) is 5.97. The van der Waals surface area contributed by atoms with Gasteiger partial charge < -0.3 is 19.9 Å². The summed E-state index contributed by atoms with van der Waals surface area (Å²) in [7, 11) is -3.82.